The van der Waals surface area contributed by atoms with Gasteiger partial charge in [-0.1, -0.05) is 0 Å². The Kier molecular flexibility index (Phi) is 2.96. The molecule has 0 aromatic carbocycles. The first-order chi connectivity index (χ1) is 7.04. The maximum Gasteiger partial charge on any atom is 0.322 e. The number of aliphatic carboxylic acids is 1. The summed E-state index contributed by atoms with van der Waals surface area (Å²) in [7, 11) is 0. The number of nitrogens with two attached hydrogens (primary N) is 1. The number of anilines is 2. The number of hydrogen-bond acceptors (Lipinski definition) is 7. The average molecular weight is 213 g/mol. The van der Waals surface area contributed by atoms with Crippen LogP contribution in [0, 0.1) is 4.91 Å². The number of nitrogens with zero attached hydrogens (tertiary/aromatic N) is 2. The molecule has 0 unspecified atom stereocenters. The highest BCUT2D eigenvalue weighted by atomic mass is 16.4. The van der Waals surface area contributed by atoms with Gasteiger partial charge in [0.05, 0.1) is 0 Å². The Morgan fingerprint density at radius 3 is 2.80 bits per heavy atom. The highest BCUT2D eigenvalue weighted by Gasteiger charge is 2.09. The first kappa shape index (κ1) is 10.6. The maximum atomic E-state index is 11.1. The van der Waals surface area contributed by atoms with E-state index in [1.807, 2.05) is 0 Å². The van der Waals surface area contributed by atoms with Gasteiger partial charge >= 0.3 is 5.97 Å². The minimum atomic E-state index is -1.13. The number of carbonyl (C=O) groups is 1. The quantitative estimate of drug-likeness (QED) is 0.480. The largest absolute Gasteiger partial charge is 0.480 e. The van der Waals surface area contributed by atoms with Gasteiger partial charge in [0.15, 0.2) is 5.82 Å². The van der Waals surface area contributed by atoms with E-state index in [0.717, 1.165) is 0 Å². The van der Waals surface area contributed by atoms with Crippen molar-refractivity contribution in [3.05, 3.63) is 15.3 Å². The van der Waals surface area contributed by atoms with Gasteiger partial charge in [0.25, 0.3) is 5.56 Å². The van der Waals surface area contributed by atoms with Crippen LogP contribution in [0.3, 0.4) is 0 Å². The van der Waals surface area contributed by atoms with Crippen LogP contribution >= 0.6 is 0 Å². The molecular formula is C6H7N5O4. The fourth-order valence-corrected chi connectivity index (χ4v) is 0.816. The van der Waals surface area contributed by atoms with Crippen molar-refractivity contribution >= 4 is 23.4 Å². The highest BCUT2D eigenvalue weighted by molar-refractivity contribution is 5.72. The maximum absolute atomic E-state index is 11.1. The smallest absolute Gasteiger partial charge is 0.322 e. The van der Waals surface area contributed by atoms with E-state index in [-0.39, 0.29) is 11.8 Å². The molecular weight excluding hydrogens is 206 g/mol. The van der Waals surface area contributed by atoms with Crippen LogP contribution < -0.4 is 16.6 Å². The van der Waals surface area contributed by atoms with Crippen LogP contribution in [0.1, 0.15) is 0 Å². The number of nitrogen functional groups attached to an aromatic ring is 1. The molecule has 0 radical (unpaired) electrons. The minimum absolute atomic E-state index is 0.132. The van der Waals surface area contributed by atoms with Gasteiger partial charge in [-0.2, -0.15) is 4.98 Å². The van der Waals surface area contributed by atoms with Crippen LogP contribution in [-0.2, 0) is 4.79 Å². The minimum Gasteiger partial charge on any atom is -0.480 e. The van der Waals surface area contributed by atoms with Crippen molar-refractivity contribution in [2.45, 2.75) is 0 Å². The van der Waals surface area contributed by atoms with E-state index in [2.05, 4.69) is 20.5 Å². The number of nitroso groups, excluding NO2 is 1. The topological polar surface area (TPSA) is 151 Å². The molecule has 0 aliphatic rings. The second kappa shape index (κ2) is 4.17. The molecule has 0 bridgehead atoms. The summed E-state index contributed by atoms with van der Waals surface area (Å²) in [6, 6.07) is 0. The van der Waals surface area contributed by atoms with Gasteiger partial charge in [0.2, 0.25) is 11.6 Å². The molecule has 0 amide bonds. The summed E-state index contributed by atoms with van der Waals surface area (Å²) in [4.78, 5) is 37.0. The Bertz CT molecular complexity index is 453. The third kappa shape index (κ3) is 2.49. The molecule has 1 heterocycles. The van der Waals surface area contributed by atoms with Crippen LogP contribution in [0.15, 0.2) is 9.97 Å². The van der Waals surface area contributed by atoms with Crippen molar-refractivity contribution in [3.63, 3.8) is 0 Å². The first-order valence-corrected chi connectivity index (χ1v) is 3.73. The van der Waals surface area contributed by atoms with Crippen LogP contribution in [0.2, 0.25) is 0 Å². The summed E-state index contributed by atoms with van der Waals surface area (Å²) in [6.07, 6.45) is 0. The summed E-state index contributed by atoms with van der Waals surface area (Å²) in [6.45, 7) is -0.434. The van der Waals surface area contributed by atoms with Gasteiger partial charge in [-0.15, -0.1) is 4.91 Å². The third-order valence-electron chi connectivity index (χ3n) is 1.42. The molecule has 5 N–H and O–H groups in total. The molecule has 80 valence electrons. The fraction of sp³-hybridized carbons (Fsp3) is 0.167. The lowest BCUT2D eigenvalue weighted by molar-refractivity contribution is -0.134. The molecule has 0 fully saturated rings. The van der Waals surface area contributed by atoms with Gasteiger partial charge in [-0.3, -0.25) is 14.6 Å². The number of H-pyrrole nitrogens is 1. The Morgan fingerprint density at radius 2 is 2.33 bits per heavy atom. The van der Waals surface area contributed by atoms with Gasteiger partial charge in [-0.05, 0) is 5.18 Å². The molecule has 0 atom stereocenters. The van der Waals surface area contributed by atoms with Gasteiger partial charge in [-0.25, -0.2) is 0 Å². The number of hydrogen-bond donors (Lipinski definition) is 4. The summed E-state index contributed by atoms with van der Waals surface area (Å²) < 4.78 is 0. The predicted molar refractivity (Wildman–Crippen MR) is 50.9 cm³/mol. The van der Waals surface area contributed by atoms with Gasteiger partial charge < -0.3 is 16.2 Å². The van der Waals surface area contributed by atoms with Gasteiger partial charge in [0.1, 0.15) is 6.54 Å². The standard InChI is InChI=1S/C6H7N5O4/c7-4-3(11-15)5(14)10-6(9-4)8-1-2(12)13/h1H2,(H,12,13)(H4,7,8,9,10,14). The van der Waals surface area contributed by atoms with Crippen molar-refractivity contribution in [1.29, 1.82) is 0 Å². The summed E-state index contributed by atoms with van der Waals surface area (Å²) >= 11 is 0. The predicted octanol–water partition coefficient (Wildman–Crippen LogP) is -0.754. The van der Waals surface area contributed by atoms with Crippen LogP contribution in [0.4, 0.5) is 17.5 Å². The highest BCUT2D eigenvalue weighted by Crippen LogP contribution is 2.13. The van der Waals surface area contributed by atoms with E-state index in [9.17, 15) is 14.5 Å². The van der Waals surface area contributed by atoms with Crippen LogP contribution in [0.25, 0.3) is 0 Å². The number of aromatic nitrogens is 2. The van der Waals surface area contributed by atoms with E-state index < -0.39 is 23.8 Å². The monoisotopic (exact) mass is 213 g/mol. The van der Waals surface area contributed by atoms with Crippen molar-refractivity contribution in [2.75, 3.05) is 17.6 Å². The molecule has 0 aliphatic carbocycles. The summed E-state index contributed by atoms with van der Waals surface area (Å²) in [5, 5.41) is 13.0. The lowest BCUT2D eigenvalue weighted by Gasteiger charge is -2.02. The average Bonchev–Trinajstić information content (AvgIpc) is 2.14. The number of carboxylic acids is 1. The lowest BCUT2D eigenvalue weighted by Crippen LogP contribution is -2.19. The van der Waals surface area contributed by atoms with E-state index in [0.29, 0.717) is 0 Å². The van der Waals surface area contributed by atoms with E-state index in [1.165, 1.54) is 0 Å². The molecule has 0 saturated heterocycles. The summed E-state index contributed by atoms with van der Waals surface area (Å²) in [5.41, 5.74) is 3.87. The molecule has 0 spiro atoms. The molecule has 0 aliphatic heterocycles. The van der Waals surface area contributed by atoms with Crippen molar-refractivity contribution in [2.24, 2.45) is 5.18 Å². The van der Waals surface area contributed by atoms with Crippen molar-refractivity contribution < 1.29 is 9.90 Å². The van der Waals surface area contributed by atoms with Crippen molar-refractivity contribution in [3.8, 4) is 0 Å². The molecule has 9 nitrogen and oxygen atoms in total. The number of nitrogens with one attached hydrogen (secondary N) is 2. The molecule has 0 saturated carbocycles. The fourth-order valence-electron chi connectivity index (χ4n) is 0.816. The Labute approximate surface area is 82.3 Å². The molecule has 1 aromatic heterocycles. The lowest BCUT2D eigenvalue weighted by atomic mass is 10.5. The second-order valence-electron chi connectivity index (χ2n) is 2.49. The molecule has 1 rings (SSSR count). The SMILES string of the molecule is Nc1nc(NCC(=O)O)[nH]c(=O)c1N=O. The second-order valence-corrected chi connectivity index (χ2v) is 2.49. The summed E-state index contributed by atoms with van der Waals surface area (Å²) in [5.74, 6) is -1.62. The molecule has 15 heavy (non-hydrogen) atoms. The van der Waals surface area contributed by atoms with Gasteiger partial charge in [0, 0.05) is 0 Å². The zero-order valence-corrected chi connectivity index (χ0v) is 7.35. The molecule has 1 aromatic rings. The van der Waals surface area contributed by atoms with Crippen LogP contribution in [0.5, 0.6) is 0 Å². The van der Waals surface area contributed by atoms with Crippen LogP contribution in [-0.4, -0.2) is 27.6 Å². The zero-order valence-electron chi connectivity index (χ0n) is 7.35. The Morgan fingerprint density at radius 1 is 1.67 bits per heavy atom. The van der Waals surface area contributed by atoms with E-state index in [4.69, 9.17) is 10.8 Å². The molecule has 9 heteroatoms. The normalized spacial score (nSPS) is 9.60. The van der Waals surface area contributed by atoms with E-state index in [1.54, 1.807) is 0 Å². The Balaban J connectivity index is 2.98. The third-order valence-corrected chi connectivity index (χ3v) is 1.42. The zero-order chi connectivity index (χ0) is 11.4. The Hall–Kier alpha value is -2.45. The number of carboxylic acid groups (broad SMARTS) is 1. The first-order valence-electron chi connectivity index (χ1n) is 3.73. The number of rotatable bonds is 4. The van der Waals surface area contributed by atoms with E-state index >= 15 is 0 Å². The van der Waals surface area contributed by atoms with Crippen molar-refractivity contribution in [1.82, 2.24) is 9.97 Å². The number of aromatic amines is 1.